The predicted octanol–water partition coefficient (Wildman–Crippen LogP) is 1.65. The Balaban J connectivity index is 0.00000144. The molecule has 72 valence electrons. The van der Waals surface area contributed by atoms with Crippen LogP contribution in [-0.2, 0) is 0 Å². The van der Waals surface area contributed by atoms with E-state index < -0.39 is 0 Å². The molecule has 0 atom stereocenters. The molecule has 0 heterocycles. The zero-order valence-electron chi connectivity index (χ0n) is 7.21. The van der Waals surface area contributed by atoms with Crippen LogP contribution < -0.4 is 5.32 Å². The van der Waals surface area contributed by atoms with E-state index in [1.807, 2.05) is 0 Å². The van der Waals surface area contributed by atoms with E-state index in [1.54, 1.807) is 13.1 Å². The molecule has 0 fully saturated rings. The van der Waals surface area contributed by atoms with Crippen molar-refractivity contribution in [2.45, 2.75) is 0 Å². The van der Waals surface area contributed by atoms with Crippen molar-refractivity contribution in [1.29, 1.82) is 0 Å². The standard InChI is InChI=1S/C9H10FNO.ClH/c1-11-6-9(12)7-3-2-4-8(10)5-7;/h2-5,11H,6H2,1H3;1H. The smallest absolute Gasteiger partial charge is 0.176 e. The monoisotopic (exact) mass is 203 g/mol. The summed E-state index contributed by atoms with van der Waals surface area (Å²) in [4.78, 5) is 11.2. The molecule has 0 unspecified atom stereocenters. The van der Waals surface area contributed by atoms with E-state index in [9.17, 15) is 9.18 Å². The van der Waals surface area contributed by atoms with Crippen LogP contribution in [0.2, 0.25) is 0 Å². The van der Waals surface area contributed by atoms with Crippen LogP contribution >= 0.6 is 12.4 Å². The summed E-state index contributed by atoms with van der Waals surface area (Å²) < 4.78 is 12.6. The topological polar surface area (TPSA) is 29.1 Å². The van der Waals surface area contributed by atoms with Gasteiger partial charge in [0.15, 0.2) is 5.78 Å². The average molecular weight is 204 g/mol. The van der Waals surface area contributed by atoms with E-state index in [0.29, 0.717) is 5.56 Å². The van der Waals surface area contributed by atoms with Crippen LogP contribution in [-0.4, -0.2) is 19.4 Å². The summed E-state index contributed by atoms with van der Waals surface area (Å²) in [6, 6.07) is 5.68. The first kappa shape index (κ1) is 12.1. The highest BCUT2D eigenvalue weighted by molar-refractivity contribution is 5.97. The van der Waals surface area contributed by atoms with Crippen LogP contribution in [0.25, 0.3) is 0 Å². The fourth-order valence-electron chi connectivity index (χ4n) is 0.925. The second-order valence-corrected chi connectivity index (χ2v) is 2.46. The van der Waals surface area contributed by atoms with Gasteiger partial charge in [-0.15, -0.1) is 12.4 Å². The number of nitrogens with one attached hydrogen (secondary N) is 1. The van der Waals surface area contributed by atoms with Crippen LogP contribution in [0.3, 0.4) is 0 Å². The van der Waals surface area contributed by atoms with Crippen molar-refractivity contribution < 1.29 is 9.18 Å². The second kappa shape index (κ2) is 5.67. The SMILES string of the molecule is CNCC(=O)c1cccc(F)c1.Cl. The largest absolute Gasteiger partial charge is 0.313 e. The highest BCUT2D eigenvalue weighted by Crippen LogP contribution is 2.03. The number of carbonyl (C=O) groups is 1. The number of halogens is 2. The van der Waals surface area contributed by atoms with Gasteiger partial charge in [-0.3, -0.25) is 4.79 Å². The van der Waals surface area contributed by atoms with Gasteiger partial charge < -0.3 is 5.32 Å². The zero-order valence-corrected chi connectivity index (χ0v) is 8.03. The molecule has 4 heteroatoms. The molecule has 0 aliphatic heterocycles. The predicted molar refractivity (Wildman–Crippen MR) is 51.9 cm³/mol. The van der Waals surface area contributed by atoms with Gasteiger partial charge in [0, 0.05) is 5.56 Å². The molecule has 0 aromatic heterocycles. The molecular formula is C9H11ClFNO. The molecule has 2 nitrogen and oxygen atoms in total. The van der Waals surface area contributed by atoms with Gasteiger partial charge >= 0.3 is 0 Å². The van der Waals surface area contributed by atoms with Gasteiger partial charge in [-0.1, -0.05) is 12.1 Å². The van der Waals surface area contributed by atoms with E-state index in [-0.39, 0.29) is 30.6 Å². The molecule has 1 N–H and O–H groups in total. The Bertz CT molecular complexity index is 291. The Labute approximate surface area is 82.6 Å². The molecule has 1 rings (SSSR count). The lowest BCUT2D eigenvalue weighted by atomic mass is 10.1. The Morgan fingerprint density at radius 2 is 2.23 bits per heavy atom. The summed E-state index contributed by atoms with van der Waals surface area (Å²) in [6.07, 6.45) is 0. The molecule has 0 radical (unpaired) electrons. The molecule has 0 spiro atoms. The number of Topliss-reactive ketones (excluding diaryl/α,β-unsaturated/α-hetero) is 1. The normalized spacial score (nSPS) is 9.08. The number of likely N-dealkylation sites (N-methyl/N-ethyl adjacent to an activating group) is 1. The number of rotatable bonds is 3. The van der Waals surface area contributed by atoms with Gasteiger partial charge in [-0.05, 0) is 19.2 Å². The molecule has 0 aliphatic rings. The first-order valence-corrected chi connectivity index (χ1v) is 3.67. The molecule has 1 aromatic rings. The van der Waals surface area contributed by atoms with Crippen LogP contribution in [0.15, 0.2) is 24.3 Å². The third-order valence-electron chi connectivity index (χ3n) is 1.48. The van der Waals surface area contributed by atoms with E-state index in [0.717, 1.165) is 0 Å². The molecule has 0 saturated carbocycles. The van der Waals surface area contributed by atoms with Gasteiger partial charge in [0.2, 0.25) is 0 Å². The average Bonchev–Trinajstić information content (AvgIpc) is 2.05. The van der Waals surface area contributed by atoms with Gasteiger partial charge in [-0.25, -0.2) is 4.39 Å². The number of ketones is 1. The molecular weight excluding hydrogens is 193 g/mol. The fraction of sp³-hybridized carbons (Fsp3) is 0.222. The van der Waals surface area contributed by atoms with Crippen molar-refractivity contribution in [2.75, 3.05) is 13.6 Å². The van der Waals surface area contributed by atoms with Crippen LogP contribution in [0.1, 0.15) is 10.4 Å². The number of hydrogen-bond donors (Lipinski definition) is 1. The van der Waals surface area contributed by atoms with E-state index >= 15 is 0 Å². The molecule has 0 saturated heterocycles. The van der Waals surface area contributed by atoms with E-state index in [2.05, 4.69) is 5.32 Å². The third-order valence-corrected chi connectivity index (χ3v) is 1.48. The number of hydrogen-bond acceptors (Lipinski definition) is 2. The Morgan fingerprint density at radius 1 is 1.54 bits per heavy atom. The molecule has 0 bridgehead atoms. The van der Waals surface area contributed by atoms with Crippen LogP contribution in [0, 0.1) is 5.82 Å². The lowest BCUT2D eigenvalue weighted by Gasteiger charge is -1.98. The maximum absolute atomic E-state index is 12.6. The maximum atomic E-state index is 12.6. The van der Waals surface area contributed by atoms with Crippen molar-refractivity contribution in [1.82, 2.24) is 5.32 Å². The molecule has 0 amide bonds. The Kier molecular flexibility index (Phi) is 5.26. The van der Waals surface area contributed by atoms with E-state index in [4.69, 9.17) is 0 Å². The highest BCUT2D eigenvalue weighted by atomic mass is 35.5. The van der Waals surface area contributed by atoms with Crippen LogP contribution in [0.5, 0.6) is 0 Å². The maximum Gasteiger partial charge on any atom is 0.176 e. The third kappa shape index (κ3) is 3.53. The minimum Gasteiger partial charge on any atom is -0.313 e. The minimum absolute atomic E-state index is 0. The minimum atomic E-state index is -0.378. The summed E-state index contributed by atoms with van der Waals surface area (Å²) >= 11 is 0. The van der Waals surface area contributed by atoms with Crippen LogP contribution in [0.4, 0.5) is 4.39 Å². The van der Waals surface area contributed by atoms with Crippen molar-refractivity contribution in [3.63, 3.8) is 0 Å². The number of benzene rings is 1. The zero-order chi connectivity index (χ0) is 8.97. The number of carbonyl (C=O) groups excluding carboxylic acids is 1. The summed E-state index contributed by atoms with van der Waals surface area (Å²) in [5, 5.41) is 2.71. The summed E-state index contributed by atoms with van der Waals surface area (Å²) in [6.45, 7) is 0.240. The Hall–Kier alpha value is -0.930. The fourth-order valence-corrected chi connectivity index (χ4v) is 0.925. The summed E-state index contributed by atoms with van der Waals surface area (Å²) in [7, 11) is 1.68. The quantitative estimate of drug-likeness (QED) is 0.757. The lowest BCUT2D eigenvalue weighted by Crippen LogP contribution is -2.18. The van der Waals surface area contributed by atoms with Crippen molar-refractivity contribution >= 4 is 18.2 Å². The first-order valence-electron chi connectivity index (χ1n) is 3.67. The van der Waals surface area contributed by atoms with E-state index in [1.165, 1.54) is 18.2 Å². The van der Waals surface area contributed by atoms with Gasteiger partial charge in [-0.2, -0.15) is 0 Å². The van der Waals surface area contributed by atoms with Crippen molar-refractivity contribution in [2.24, 2.45) is 0 Å². The second-order valence-electron chi connectivity index (χ2n) is 2.46. The molecule has 0 aliphatic carbocycles. The van der Waals surface area contributed by atoms with Crippen molar-refractivity contribution in [3.8, 4) is 0 Å². The van der Waals surface area contributed by atoms with Gasteiger partial charge in [0.05, 0.1) is 6.54 Å². The molecule has 13 heavy (non-hydrogen) atoms. The summed E-state index contributed by atoms with van der Waals surface area (Å²) in [5.41, 5.74) is 0.407. The highest BCUT2D eigenvalue weighted by Gasteiger charge is 2.03. The molecule has 1 aromatic carbocycles. The van der Waals surface area contributed by atoms with Gasteiger partial charge in [0.25, 0.3) is 0 Å². The summed E-state index contributed by atoms with van der Waals surface area (Å²) in [5.74, 6) is -0.478. The first-order chi connectivity index (χ1) is 5.74. The Morgan fingerprint density at radius 3 is 2.77 bits per heavy atom. The lowest BCUT2D eigenvalue weighted by molar-refractivity contribution is 0.0993. The van der Waals surface area contributed by atoms with Gasteiger partial charge in [0.1, 0.15) is 5.82 Å². The van der Waals surface area contributed by atoms with Crippen molar-refractivity contribution in [3.05, 3.63) is 35.6 Å².